The predicted molar refractivity (Wildman–Crippen MR) is 102 cm³/mol. The fraction of sp³-hybridized carbons (Fsp3) is 0.333. The highest BCUT2D eigenvalue weighted by Gasteiger charge is 2.25. The summed E-state index contributed by atoms with van der Waals surface area (Å²) in [6.07, 6.45) is 2.94. The number of fused-ring (bicyclic) bond motifs is 1. The number of ether oxygens (including phenoxy) is 1. The zero-order valence-corrected chi connectivity index (χ0v) is 14.9. The van der Waals surface area contributed by atoms with Crippen LogP contribution in [0.2, 0.25) is 0 Å². The molecule has 1 N–H and O–H groups in total. The molecule has 0 saturated carbocycles. The second-order valence-corrected chi connectivity index (χ2v) is 6.65. The van der Waals surface area contributed by atoms with Crippen LogP contribution >= 0.6 is 0 Å². The Hall–Kier alpha value is -2.66. The molecule has 2 aromatic carbocycles. The molecule has 1 saturated heterocycles. The Kier molecular flexibility index (Phi) is 4.71. The van der Waals surface area contributed by atoms with Gasteiger partial charge in [0.2, 0.25) is 5.91 Å². The van der Waals surface area contributed by atoms with Gasteiger partial charge in [0.1, 0.15) is 18.5 Å². The van der Waals surface area contributed by atoms with Gasteiger partial charge in [-0.05, 0) is 49.1 Å². The predicted octanol–water partition coefficient (Wildman–Crippen LogP) is 4.09. The lowest BCUT2D eigenvalue weighted by atomic mass is 10.1. The molecule has 0 bridgehead atoms. The Morgan fingerprint density at radius 3 is 2.77 bits per heavy atom. The molecule has 0 radical (unpaired) electrons. The molecule has 3 aromatic rings. The van der Waals surface area contributed by atoms with Crippen LogP contribution in [0.1, 0.15) is 37.3 Å². The lowest BCUT2D eigenvalue weighted by Crippen LogP contribution is -2.21. The number of hydrogen-bond acceptors (Lipinski definition) is 3. The average Bonchev–Trinajstić information content (AvgIpc) is 3.31. The van der Waals surface area contributed by atoms with E-state index in [0.717, 1.165) is 48.4 Å². The first kappa shape index (κ1) is 16.8. The van der Waals surface area contributed by atoms with Crippen molar-refractivity contribution in [1.29, 1.82) is 0 Å². The fourth-order valence-electron chi connectivity index (χ4n) is 3.46. The zero-order valence-electron chi connectivity index (χ0n) is 14.9. The number of rotatable bonds is 5. The van der Waals surface area contributed by atoms with Crippen LogP contribution in [-0.2, 0) is 22.5 Å². The van der Waals surface area contributed by atoms with E-state index in [4.69, 9.17) is 9.72 Å². The van der Waals surface area contributed by atoms with E-state index in [2.05, 4.69) is 12.2 Å². The first-order valence-corrected chi connectivity index (χ1v) is 9.20. The molecule has 1 aliphatic rings. The van der Waals surface area contributed by atoms with E-state index in [9.17, 15) is 4.79 Å². The summed E-state index contributed by atoms with van der Waals surface area (Å²) in [5.74, 6) is 0.789. The SMILES string of the molecule is CCc1ccc(NC(=O)Cn2c(C3CCCO3)nc3ccccc32)cc1. The molecule has 1 amide bonds. The van der Waals surface area contributed by atoms with Crippen molar-refractivity contribution in [3.8, 4) is 0 Å². The van der Waals surface area contributed by atoms with Gasteiger partial charge >= 0.3 is 0 Å². The van der Waals surface area contributed by atoms with E-state index in [1.54, 1.807) is 0 Å². The third-order valence-corrected chi connectivity index (χ3v) is 4.85. The molecular weight excluding hydrogens is 326 g/mol. The van der Waals surface area contributed by atoms with E-state index in [-0.39, 0.29) is 18.6 Å². The number of benzene rings is 2. The highest BCUT2D eigenvalue weighted by Crippen LogP contribution is 2.30. The molecule has 5 nitrogen and oxygen atoms in total. The summed E-state index contributed by atoms with van der Waals surface area (Å²) in [6, 6.07) is 15.9. The van der Waals surface area contributed by atoms with Gasteiger partial charge in [-0.2, -0.15) is 0 Å². The number of amides is 1. The Morgan fingerprint density at radius 2 is 2.04 bits per heavy atom. The van der Waals surface area contributed by atoms with Gasteiger partial charge < -0.3 is 14.6 Å². The molecule has 2 heterocycles. The third-order valence-electron chi connectivity index (χ3n) is 4.85. The van der Waals surface area contributed by atoms with Gasteiger partial charge in [0.05, 0.1) is 11.0 Å². The second-order valence-electron chi connectivity index (χ2n) is 6.65. The number of aryl methyl sites for hydroxylation is 1. The van der Waals surface area contributed by atoms with Gasteiger partial charge in [0, 0.05) is 12.3 Å². The van der Waals surface area contributed by atoms with Crippen LogP contribution in [-0.4, -0.2) is 22.1 Å². The molecule has 1 atom stereocenters. The van der Waals surface area contributed by atoms with Crippen molar-refractivity contribution < 1.29 is 9.53 Å². The van der Waals surface area contributed by atoms with Crippen LogP contribution in [0.5, 0.6) is 0 Å². The molecule has 134 valence electrons. The smallest absolute Gasteiger partial charge is 0.244 e. The number of imidazole rings is 1. The van der Waals surface area contributed by atoms with E-state index in [1.165, 1.54) is 5.56 Å². The van der Waals surface area contributed by atoms with Gasteiger partial charge in [0.25, 0.3) is 0 Å². The number of anilines is 1. The Bertz CT molecular complexity index is 909. The minimum Gasteiger partial charge on any atom is -0.370 e. The molecule has 0 aliphatic carbocycles. The molecule has 1 fully saturated rings. The van der Waals surface area contributed by atoms with Gasteiger partial charge in [-0.15, -0.1) is 0 Å². The number of nitrogens with one attached hydrogen (secondary N) is 1. The van der Waals surface area contributed by atoms with Gasteiger partial charge in [-0.1, -0.05) is 31.2 Å². The first-order valence-electron chi connectivity index (χ1n) is 9.20. The van der Waals surface area contributed by atoms with Crippen LogP contribution in [0.3, 0.4) is 0 Å². The number of carbonyl (C=O) groups excluding carboxylic acids is 1. The minimum absolute atomic E-state index is 0.0287. The van der Waals surface area contributed by atoms with Crippen LogP contribution < -0.4 is 5.32 Å². The number of para-hydroxylation sites is 2. The van der Waals surface area contributed by atoms with Crippen molar-refractivity contribution in [3.63, 3.8) is 0 Å². The van der Waals surface area contributed by atoms with Crippen molar-refractivity contribution in [3.05, 3.63) is 59.9 Å². The van der Waals surface area contributed by atoms with E-state index < -0.39 is 0 Å². The van der Waals surface area contributed by atoms with E-state index >= 15 is 0 Å². The molecule has 4 rings (SSSR count). The summed E-state index contributed by atoms with van der Waals surface area (Å²) in [6.45, 7) is 3.10. The van der Waals surface area contributed by atoms with Crippen LogP contribution in [0, 0.1) is 0 Å². The van der Waals surface area contributed by atoms with E-state index in [0.29, 0.717) is 0 Å². The monoisotopic (exact) mass is 349 g/mol. The highest BCUT2D eigenvalue weighted by molar-refractivity contribution is 5.91. The highest BCUT2D eigenvalue weighted by atomic mass is 16.5. The second kappa shape index (κ2) is 7.30. The topological polar surface area (TPSA) is 56.2 Å². The molecule has 1 unspecified atom stereocenters. The first-order chi connectivity index (χ1) is 12.7. The summed E-state index contributed by atoms with van der Waals surface area (Å²) in [5, 5.41) is 2.99. The molecule has 26 heavy (non-hydrogen) atoms. The van der Waals surface area contributed by atoms with Crippen molar-refractivity contribution in [2.24, 2.45) is 0 Å². The minimum atomic E-state index is -0.0587. The summed E-state index contributed by atoms with van der Waals surface area (Å²) in [5.41, 5.74) is 3.94. The Labute approximate surface area is 153 Å². The maximum Gasteiger partial charge on any atom is 0.244 e. The van der Waals surface area contributed by atoms with Crippen molar-refractivity contribution in [2.75, 3.05) is 11.9 Å². The molecular formula is C21H23N3O2. The largest absolute Gasteiger partial charge is 0.370 e. The zero-order chi connectivity index (χ0) is 17.9. The van der Waals surface area contributed by atoms with Gasteiger partial charge in [0.15, 0.2) is 0 Å². The van der Waals surface area contributed by atoms with Crippen LogP contribution in [0.4, 0.5) is 5.69 Å². The average molecular weight is 349 g/mol. The molecule has 1 aromatic heterocycles. The lowest BCUT2D eigenvalue weighted by Gasteiger charge is -2.14. The third kappa shape index (κ3) is 3.35. The Balaban J connectivity index is 1.58. The van der Waals surface area contributed by atoms with Gasteiger partial charge in [-0.3, -0.25) is 4.79 Å². The summed E-state index contributed by atoms with van der Waals surface area (Å²) >= 11 is 0. The maximum atomic E-state index is 12.6. The van der Waals surface area contributed by atoms with Crippen LogP contribution in [0.25, 0.3) is 11.0 Å². The Morgan fingerprint density at radius 1 is 1.23 bits per heavy atom. The summed E-state index contributed by atoms with van der Waals surface area (Å²) in [7, 11) is 0. The standard InChI is InChI=1S/C21H23N3O2/c1-2-15-9-11-16(12-10-15)22-20(25)14-24-18-7-4-3-6-17(18)23-21(24)19-8-5-13-26-19/h3-4,6-7,9-12,19H,2,5,8,13-14H2,1H3,(H,22,25). The lowest BCUT2D eigenvalue weighted by molar-refractivity contribution is -0.116. The quantitative estimate of drug-likeness (QED) is 0.755. The molecule has 0 spiro atoms. The van der Waals surface area contributed by atoms with Gasteiger partial charge in [-0.25, -0.2) is 4.98 Å². The van der Waals surface area contributed by atoms with E-state index in [1.807, 2.05) is 53.1 Å². The fourth-order valence-corrected chi connectivity index (χ4v) is 3.46. The summed E-state index contributed by atoms with van der Waals surface area (Å²) in [4.78, 5) is 17.4. The summed E-state index contributed by atoms with van der Waals surface area (Å²) < 4.78 is 7.81. The number of nitrogens with zero attached hydrogens (tertiary/aromatic N) is 2. The number of hydrogen-bond donors (Lipinski definition) is 1. The number of aromatic nitrogens is 2. The normalized spacial score (nSPS) is 16.9. The number of carbonyl (C=O) groups is 1. The van der Waals surface area contributed by atoms with Crippen molar-refractivity contribution in [2.45, 2.75) is 38.8 Å². The van der Waals surface area contributed by atoms with Crippen molar-refractivity contribution >= 4 is 22.6 Å². The van der Waals surface area contributed by atoms with Crippen LogP contribution in [0.15, 0.2) is 48.5 Å². The maximum absolute atomic E-state index is 12.6. The molecule has 5 heteroatoms. The molecule has 1 aliphatic heterocycles. The van der Waals surface area contributed by atoms with Crippen molar-refractivity contribution in [1.82, 2.24) is 9.55 Å².